The first-order valence-corrected chi connectivity index (χ1v) is 7.81. The minimum atomic E-state index is -0.346. The summed E-state index contributed by atoms with van der Waals surface area (Å²) in [6.07, 6.45) is 3.88. The van der Waals surface area contributed by atoms with E-state index in [1.807, 2.05) is 6.07 Å². The van der Waals surface area contributed by atoms with Crippen molar-refractivity contribution in [2.45, 2.75) is 25.7 Å². The predicted molar refractivity (Wildman–Crippen MR) is 82.1 cm³/mol. The molecule has 4 nitrogen and oxygen atoms in total. The van der Waals surface area contributed by atoms with Gasteiger partial charge in [-0.15, -0.1) is 0 Å². The number of piperidine rings is 1. The number of halogens is 1. The largest absolute Gasteiger partial charge is 0.370 e. The highest BCUT2D eigenvalue weighted by molar-refractivity contribution is 5.96. The fourth-order valence-electron chi connectivity index (χ4n) is 3.17. The molecule has 1 aromatic rings. The molecule has 0 unspecified atom stereocenters. The topological polar surface area (TPSA) is 44.4 Å². The Morgan fingerprint density at radius 3 is 2.67 bits per heavy atom. The molecule has 2 aliphatic heterocycles. The number of amides is 1. The lowest BCUT2D eigenvalue weighted by molar-refractivity contribution is -0.120. The molecule has 0 saturated carbocycles. The molecular formula is C16H22FN3O. The van der Waals surface area contributed by atoms with Gasteiger partial charge in [-0.05, 0) is 50.9 Å². The Morgan fingerprint density at radius 1 is 1.24 bits per heavy atom. The highest BCUT2D eigenvalue weighted by atomic mass is 19.1. The van der Waals surface area contributed by atoms with Crippen molar-refractivity contribution < 1.29 is 9.18 Å². The smallest absolute Gasteiger partial charge is 0.227 e. The Hall–Kier alpha value is -1.62. The molecule has 3 rings (SSSR count). The first kappa shape index (κ1) is 14.3. The summed E-state index contributed by atoms with van der Waals surface area (Å²) in [6, 6.07) is 5.02. The first-order chi connectivity index (χ1) is 10.3. The summed E-state index contributed by atoms with van der Waals surface area (Å²) >= 11 is 0. The fourth-order valence-corrected chi connectivity index (χ4v) is 3.17. The van der Waals surface area contributed by atoms with Crippen LogP contribution in [0.5, 0.6) is 0 Å². The molecule has 2 aliphatic rings. The third-order valence-electron chi connectivity index (χ3n) is 4.40. The van der Waals surface area contributed by atoms with Crippen LogP contribution < -0.4 is 15.5 Å². The van der Waals surface area contributed by atoms with Gasteiger partial charge >= 0.3 is 0 Å². The van der Waals surface area contributed by atoms with E-state index in [2.05, 4.69) is 15.5 Å². The van der Waals surface area contributed by atoms with Crippen molar-refractivity contribution in [1.82, 2.24) is 5.32 Å². The molecule has 21 heavy (non-hydrogen) atoms. The summed E-state index contributed by atoms with van der Waals surface area (Å²) < 4.78 is 14.2. The van der Waals surface area contributed by atoms with Gasteiger partial charge < -0.3 is 15.5 Å². The summed E-state index contributed by atoms with van der Waals surface area (Å²) in [7, 11) is 0. The van der Waals surface area contributed by atoms with Crippen LogP contribution in [-0.2, 0) is 4.79 Å². The third kappa shape index (κ3) is 3.18. The van der Waals surface area contributed by atoms with Gasteiger partial charge in [0.15, 0.2) is 0 Å². The molecule has 2 heterocycles. The molecule has 0 bridgehead atoms. The van der Waals surface area contributed by atoms with E-state index in [0.717, 1.165) is 57.5 Å². The number of benzene rings is 1. The molecule has 2 fully saturated rings. The predicted octanol–water partition coefficient (Wildman–Crippen LogP) is 2.36. The van der Waals surface area contributed by atoms with Crippen LogP contribution in [0.4, 0.5) is 15.8 Å². The zero-order valence-corrected chi connectivity index (χ0v) is 12.2. The van der Waals surface area contributed by atoms with E-state index in [4.69, 9.17) is 0 Å². The molecule has 2 N–H and O–H groups in total. The Bertz CT molecular complexity index is 508. The minimum Gasteiger partial charge on any atom is -0.370 e. The number of carbonyl (C=O) groups is 1. The van der Waals surface area contributed by atoms with Crippen molar-refractivity contribution in [1.29, 1.82) is 0 Å². The number of carbonyl (C=O) groups excluding carboxylic acids is 1. The minimum absolute atomic E-state index is 0.0164. The number of nitrogens with zero attached hydrogens (tertiary/aromatic N) is 1. The second-order valence-electron chi connectivity index (χ2n) is 5.84. The van der Waals surface area contributed by atoms with Gasteiger partial charge in [0.2, 0.25) is 5.91 Å². The van der Waals surface area contributed by atoms with Gasteiger partial charge in [-0.25, -0.2) is 4.39 Å². The van der Waals surface area contributed by atoms with Crippen LogP contribution >= 0.6 is 0 Å². The highest BCUT2D eigenvalue weighted by Gasteiger charge is 2.24. The average Bonchev–Trinajstić information content (AvgIpc) is 3.04. The van der Waals surface area contributed by atoms with E-state index in [9.17, 15) is 9.18 Å². The van der Waals surface area contributed by atoms with Crippen molar-refractivity contribution in [2.75, 3.05) is 36.4 Å². The number of hydrogen-bond acceptors (Lipinski definition) is 3. The molecule has 0 aromatic heterocycles. The van der Waals surface area contributed by atoms with Crippen molar-refractivity contribution in [3.05, 3.63) is 24.0 Å². The second-order valence-corrected chi connectivity index (χ2v) is 5.84. The number of hydrogen-bond donors (Lipinski definition) is 2. The van der Waals surface area contributed by atoms with E-state index in [1.165, 1.54) is 6.07 Å². The molecule has 2 saturated heterocycles. The summed E-state index contributed by atoms with van der Waals surface area (Å²) in [4.78, 5) is 14.5. The average molecular weight is 291 g/mol. The maximum absolute atomic E-state index is 14.2. The van der Waals surface area contributed by atoms with Crippen LogP contribution in [0.25, 0.3) is 0 Å². The van der Waals surface area contributed by atoms with Gasteiger partial charge in [-0.1, -0.05) is 6.07 Å². The Morgan fingerprint density at radius 2 is 1.95 bits per heavy atom. The lowest BCUT2D eigenvalue weighted by Gasteiger charge is -2.25. The molecular weight excluding hydrogens is 269 g/mol. The van der Waals surface area contributed by atoms with Gasteiger partial charge in [0, 0.05) is 19.0 Å². The van der Waals surface area contributed by atoms with Crippen molar-refractivity contribution in [3.8, 4) is 0 Å². The van der Waals surface area contributed by atoms with Gasteiger partial charge in [0.25, 0.3) is 0 Å². The van der Waals surface area contributed by atoms with Crippen molar-refractivity contribution >= 4 is 17.3 Å². The summed E-state index contributed by atoms with van der Waals surface area (Å²) in [5.41, 5.74) is 1.16. The summed E-state index contributed by atoms with van der Waals surface area (Å²) in [5.74, 6) is -0.416. The quantitative estimate of drug-likeness (QED) is 0.898. The van der Waals surface area contributed by atoms with E-state index < -0.39 is 0 Å². The van der Waals surface area contributed by atoms with Crippen LogP contribution in [0.2, 0.25) is 0 Å². The summed E-state index contributed by atoms with van der Waals surface area (Å²) in [5, 5.41) is 6.08. The monoisotopic (exact) mass is 291 g/mol. The lowest BCUT2D eigenvalue weighted by atomic mass is 9.97. The fraction of sp³-hybridized carbons (Fsp3) is 0.562. The van der Waals surface area contributed by atoms with Crippen molar-refractivity contribution in [2.24, 2.45) is 5.92 Å². The molecule has 1 amide bonds. The maximum atomic E-state index is 14.2. The maximum Gasteiger partial charge on any atom is 0.227 e. The lowest BCUT2D eigenvalue weighted by Crippen LogP contribution is -2.35. The number of para-hydroxylation sites is 1. The molecule has 0 atom stereocenters. The normalized spacial score (nSPS) is 19.8. The van der Waals surface area contributed by atoms with Crippen LogP contribution in [0, 0.1) is 11.7 Å². The molecule has 0 radical (unpaired) electrons. The van der Waals surface area contributed by atoms with E-state index in [0.29, 0.717) is 5.69 Å². The highest BCUT2D eigenvalue weighted by Crippen LogP contribution is 2.32. The Balaban J connectivity index is 1.78. The molecule has 0 spiro atoms. The van der Waals surface area contributed by atoms with E-state index in [1.54, 1.807) is 6.07 Å². The molecule has 114 valence electrons. The standard InChI is InChI=1S/C16H22FN3O/c17-13-4-3-5-14(20-10-1-2-11-20)15(13)19-16(21)12-6-8-18-9-7-12/h3-5,12,18H,1-2,6-11H2,(H,19,21). The zero-order valence-electron chi connectivity index (χ0n) is 12.2. The van der Waals surface area contributed by atoms with E-state index >= 15 is 0 Å². The SMILES string of the molecule is O=C(Nc1c(F)cccc1N1CCCC1)C1CCNCC1. The van der Waals surface area contributed by atoms with Crippen molar-refractivity contribution in [3.63, 3.8) is 0 Å². The first-order valence-electron chi connectivity index (χ1n) is 7.81. The van der Waals surface area contributed by atoms with Crippen LogP contribution in [0.1, 0.15) is 25.7 Å². The Labute approximate surface area is 124 Å². The zero-order chi connectivity index (χ0) is 14.7. The summed E-state index contributed by atoms with van der Waals surface area (Å²) in [6.45, 7) is 3.57. The van der Waals surface area contributed by atoms with Gasteiger partial charge in [-0.2, -0.15) is 0 Å². The molecule has 0 aliphatic carbocycles. The number of nitrogens with one attached hydrogen (secondary N) is 2. The molecule has 1 aromatic carbocycles. The van der Waals surface area contributed by atoms with Crippen LogP contribution in [0.3, 0.4) is 0 Å². The van der Waals surface area contributed by atoms with Gasteiger partial charge in [-0.3, -0.25) is 4.79 Å². The van der Waals surface area contributed by atoms with Gasteiger partial charge in [0.05, 0.1) is 5.69 Å². The molecule has 5 heteroatoms. The third-order valence-corrected chi connectivity index (χ3v) is 4.40. The van der Waals surface area contributed by atoms with Crippen LogP contribution in [-0.4, -0.2) is 32.1 Å². The number of anilines is 2. The second kappa shape index (κ2) is 6.43. The Kier molecular flexibility index (Phi) is 4.39. The van der Waals surface area contributed by atoms with Crippen LogP contribution in [0.15, 0.2) is 18.2 Å². The number of rotatable bonds is 3. The van der Waals surface area contributed by atoms with Gasteiger partial charge in [0.1, 0.15) is 11.5 Å². The van der Waals surface area contributed by atoms with E-state index in [-0.39, 0.29) is 17.6 Å².